The fourth-order valence-corrected chi connectivity index (χ4v) is 3.82. The topological polar surface area (TPSA) is 75.7 Å². The monoisotopic (exact) mass is 376 g/mol. The van der Waals surface area contributed by atoms with Gasteiger partial charge in [-0.25, -0.2) is 8.42 Å². The highest BCUT2D eigenvalue weighted by Gasteiger charge is 2.31. The zero-order valence-electron chi connectivity index (χ0n) is 15.0. The minimum Gasteiger partial charge on any atom is -0.492 e. The fraction of sp³-hybridized carbons (Fsp3) is 0.316. The van der Waals surface area contributed by atoms with Gasteiger partial charge < -0.3 is 10.1 Å². The van der Waals surface area contributed by atoms with Crippen LogP contribution in [0.2, 0.25) is 0 Å². The van der Waals surface area contributed by atoms with Gasteiger partial charge in [0.25, 0.3) is 0 Å². The lowest BCUT2D eigenvalue weighted by molar-refractivity contribution is -0.122. The van der Waals surface area contributed by atoms with Crippen LogP contribution in [0.4, 0.5) is 5.69 Å². The second-order valence-corrected chi connectivity index (χ2v) is 7.63. The van der Waals surface area contributed by atoms with Gasteiger partial charge in [-0.3, -0.25) is 9.10 Å². The van der Waals surface area contributed by atoms with Crippen molar-refractivity contribution in [2.45, 2.75) is 19.4 Å². The van der Waals surface area contributed by atoms with Gasteiger partial charge in [0, 0.05) is 0 Å². The smallest absolute Gasteiger partial charge is 0.244 e. The number of anilines is 1. The van der Waals surface area contributed by atoms with Crippen LogP contribution in [-0.4, -0.2) is 39.8 Å². The molecule has 1 amide bonds. The first-order chi connectivity index (χ1) is 12.4. The number of hydrogen-bond donors (Lipinski definition) is 1. The summed E-state index contributed by atoms with van der Waals surface area (Å²) in [6.07, 6.45) is 1.46. The second-order valence-electron chi connectivity index (χ2n) is 5.77. The van der Waals surface area contributed by atoms with E-state index in [4.69, 9.17) is 4.74 Å². The molecule has 2 aromatic rings. The first-order valence-corrected chi connectivity index (χ1v) is 10.3. The lowest BCUT2D eigenvalue weighted by atomic mass is 10.2. The molecule has 0 heterocycles. The minimum absolute atomic E-state index is 0.288. The van der Waals surface area contributed by atoms with E-state index in [0.29, 0.717) is 18.7 Å². The standard InChI is InChI=1S/C19H24N2O4S/c1-3-18(21(26(2,23)24)16-10-6-4-7-11-16)19(22)20-14-15-25-17-12-8-5-9-13-17/h4-13,18H,3,14-15H2,1-2H3,(H,20,22)/t18-/m0/s1. The molecule has 140 valence electrons. The number of nitrogens with zero attached hydrogens (tertiary/aromatic N) is 1. The van der Waals surface area contributed by atoms with Gasteiger partial charge in [-0.2, -0.15) is 0 Å². The van der Waals surface area contributed by atoms with Gasteiger partial charge in [-0.05, 0) is 30.7 Å². The third-order valence-electron chi connectivity index (χ3n) is 3.75. The Bertz CT molecular complexity index is 795. The van der Waals surface area contributed by atoms with Crippen LogP contribution >= 0.6 is 0 Å². The molecule has 0 aliphatic rings. The average Bonchev–Trinajstić information content (AvgIpc) is 2.63. The number of sulfonamides is 1. The predicted molar refractivity (Wildman–Crippen MR) is 103 cm³/mol. The lowest BCUT2D eigenvalue weighted by Crippen LogP contribution is -2.49. The number of ether oxygens (including phenoxy) is 1. The molecular formula is C19H24N2O4S. The van der Waals surface area contributed by atoms with Crippen molar-refractivity contribution in [1.82, 2.24) is 5.32 Å². The van der Waals surface area contributed by atoms with Gasteiger partial charge in [0.1, 0.15) is 18.4 Å². The number of hydrogen-bond acceptors (Lipinski definition) is 4. The number of carbonyl (C=O) groups excluding carboxylic acids is 1. The molecule has 1 atom stereocenters. The third kappa shape index (κ3) is 5.49. The molecule has 6 nitrogen and oxygen atoms in total. The average molecular weight is 376 g/mol. The Morgan fingerprint density at radius 2 is 1.65 bits per heavy atom. The molecule has 2 rings (SSSR count). The van der Waals surface area contributed by atoms with Crippen molar-refractivity contribution in [1.29, 1.82) is 0 Å². The van der Waals surface area contributed by atoms with E-state index in [1.165, 1.54) is 4.31 Å². The molecule has 26 heavy (non-hydrogen) atoms. The van der Waals surface area contributed by atoms with Crippen LogP contribution in [0.25, 0.3) is 0 Å². The highest BCUT2D eigenvalue weighted by molar-refractivity contribution is 7.92. The van der Waals surface area contributed by atoms with Gasteiger partial charge in [-0.15, -0.1) is 0 Å². The summed E-state index contributed by atoms with van der Waals surface area (Å²) >= 11 is 0. The van der Waals surface area contributed by atoms with E-state index < -0.39 is 16.1 Å². The fourth-order valence-electron chi connectivity index (χ4n) is 2.61. The van der Waals surface area contributed by atoms with Crippen molar-refractivity contribution in [2.24, 2.45) is 0 Å². The molecule has 0 aromatic heterocycles. The van der Waals surface area contributed by atoms with Gasteiger partial charge in [0.15, 0.2) is 0 Å². The summed E-state index contributed by atoms with van der Waals surface area (Å²) in [5.74, 6) is 0.370. The van der Waals surface area contributed by atoms with Crippen molar-refractivity contribution in [3.63, 3.8) is 0 Å². The molecule has 0 spiro atoms. The first kappa shape index (κ1) is 19.8. The molecule has 2 aromatic carbocycles. The highest BCUT2D eigenvalue weighted by Crippen LogP contribution is 2.21. The maximum atomic E-state index is 12.6. The third-order valence-corrected chi connectivity index (χ3v) is 4.93. The van der Waals surface area contributed by atoms with Gasteiger partial charge >= 0.3 is 0 Å². The predicted octanol–water partition coefficient (Wildman–Crippen LogP) is 2.43. The van der Waals surface area contributed by atoms with Crippen LogP contribution in [0, 0.1) is 0 Å². The number of para-hydroxylation sites is 2. The van der Waals surface area contributed by atoms with Crippen LogP contribution in [-0.2, 0) is 14.8 Å². The van der Waals surface area contributed by atoms with E-state index in [9.17, 15) is 13.2 Å². The van der Waals surface area contributed by atoms with Gasteiger partial charge in [0.2, 0.25) is 15.9 Å². The van der Waals surface area contributed by atoms with Crippen LogP contribution in [0.15, 0.2) is 60.7 Å². The summed E-state index contributed by atoms with van der Waals surface area (Å²) in [7, 11) is -3.61. The van der Waals surface area contributed by atoms with Crippen LogP contribution in [0.1, 0.15) is 13.3 Å². The van der Waals surface area contributed by atoms with Crippen molar-refractivity contribution < 1.29 is 17.9 Å². The van der Waals surface area contributed by atoms with E-state index in [2.05, 4.69) is 5.32 Å². The lowest BCUT2D eigenvalue weighted by Gasteiger charge is -2.30. The second kappa shape index (κ2) is 9.24. The number of amides is 1. The number of carbonyl (C=O) groups is 1. The number of rotatable bonds is 9. The highest BCUT2D eigenvalue weighted by atomic mass is 32.2. The first-order valence-electron chi connectivity index (χ1n) is 8.43. The molecule has 0 saturated heterocycles. The SMILES string of the molecule is CC[C@@H](C(=O)NCCOc1ccccc1)N(c1ccccc1)S(C)(=O)=O. The van der Waals surface area contributed by atoms with Crippen molar-refractivity contribution in [2.75, 3.05) is 23.7 Å². The Kier molecular flexibility index (Phi) is 7.03. The Morgan fingerprint density at radius 1 is 1.08 bits per heavy atom. The molecule has 0 fully saturated rings. The minimum atomic E-state index is -3.61. The van der Waals surface area contributed by atoms with Crippen LogP contribution in [0.3, 0.4) is 0 Å². The summed E-state index contributed by atoms with van der Waals surface area (Å²) in [4.78, 5) is 12.6. The van der Waals surface area contributed by atoms with E-state index >= 15 is 0 Å². The zero-order chi connectivity index (χ0) is 19.0. The zero-order valence-corrected chi connectivity index (χ0v) is 15.8. The Hall–Kier alpha value is -2.54. The largest absolute Gasteiger partial charge is 0.492 e. The molecule has 0 unspecified atom stereocenters. The van der Waals surface area contributed by atoms with Gasteiger partial charge in [-0.1, -0.05) is 43.3 Å². The molecule has 0 bridgehead atoms. The van der Waals surface area contributed by atoms with E-state index in [0.717, 1.165) is 12.0 Å². The normalized spacial score (nSPS) is 12.2. The summed E-state index contributed by atoms with van der Waals surface area (Å²) in [6.45, 7) is 2.37. The van der Waals surface area contributed by atoms with Crippen molar-refractivity contribution >= 4 is 21.6 Å². The van der Waals surface area contributed by atoms with Gasteiger partial charge in [0.05, 0.1) is 18.5 Å². The van der Waals surface area contributed by atoms with Crippen molar-refractivity contribution in [3.8, 4) is 5.75 Å². The maximum Gasteiger partial charge on any atom is 0.244 e. The summed E-state index contributed by atoms with van der Waals surface area (Å²) < 4.78 is 31.2. The maximum absolute atomic E-state index is 12.6. The molecular weight excluding hydrogens is 352 g/mol. The Morgan fingerprint density at radius 3 is 2.19 bits per heavy atom. The Balaban J connectivity index is 2.01. The van der Waals surface area contributed by atoms with E-state index in [-0.39, 0.29) is 12.5 Å². The van der Waals surface area contributed by atoms with E-state index in [1.807, 2.05) is 30.3 Å². The molecule has 0 aliphatic heterocycles. The summed E-state index contributed by atoms with van der Waals surface area (Å²) in [5.41, 5.74) is 0.470. The molecule has 1 N–H and O–H groups in total. The van der Waals surface area contributed by atoms with Crippen LogP contribution in [0.5, 0.6) is 5.75 Å². The molecule has 0 saturated carbocycles. The Labute approximate surface area is 154 Å². The summed E-state index contributed by atoms with van der Waals surface area (Å²) in [6, 6.07) is 17.1. The van der Waals surface area contributed by atoms with E-state index in [1.54, 1.807) is 37.3 Å². The molecule has 0 aliphatic carbocycles. The van der Waals surface area contributed by atoms with Crippen LogP contribution < -0.4 is 14.4 Å². The number of benzene rings is 2. The molecule has 0 radical (unpaired) electrons. The molecule has 7 heteroatoms. The van der Waals surface area contributed by atoms with Crippen molar-refractivity contribution in [3.05, 3.63) is 60.7 Å². The number of nitrogens with one attached hydrogen (secondary N) is 1. The summed E-state index contributed by atoms with van der Waals surface area (Å²) in [5, 5.41) is 2.76. The quantitative estimate of drug-likeness (QED) is 0.682.